The number of nitrogens with two attached hydrogens (primary N) is 1. The van der Waals surface area contributed by atoms with Gasteiger partial charge in [0, 0.05) is 11.1 Å². The summed E-state index contributed by atoms with van der Waals surface area (Å²) in [7, 11) is 1.27. The quantitative estimate of drug-likeness (QED) is 0.187. The summed E-state index contributed by atoms with van der Waals surface area (Å²) in [6.07, 6.45) is 1.43. The standard InChI is InChI=1S/C27H28N4O4.ClH/c1-27(2,3)21-11-8-18(9-12-21)24(32)31-23-15-20(26(34)35-4)10-13-22(23)30-25(33)19-7-5-6-17(14-19)16-29-28;/h5-16H,28H2,1-4H3,(H,30,33)(H,31,32);1H. The van der Waals surface area contributed by atoms with Gasteiger partial charge in [0.1, 0.15) is 0 Å². The Morgan fingerprint density at radius 1 is 0.833 bits per heavy atom. The molecule has 36 heavy (non-hydrogen) atoms. The largest absolute Gasteiger partial charge is 0.465 e. The van der Waals surface area contributed by atoms with Crippen LogP contribution in [0.25, 0.3) is 0 Å². The van der Waals surface area contributed by atoms with Crippen LogP contribution in [0.3, 0.4) is 0 Å². The molecule has 0 unspecified atom stereocenters. The molecule has 0 saturated heterocycles. The van der Waals surface area contributed by atoms with Gasteiger partial charge in [0.25, 0.3) is 11.8 Å². The Labute approximate surface area is 216 Å². The van der Waals surface area contributed by atoms with E-state index in [-0.39, 0.29) is 35.0 Å². The van der Waals surface area contributed by atoms with Gasteiger partial charge in [-0.3, -0.25) is 9.59 Å². The molecule has 188 valence electrons. The lowest BCUT2D eigenvalue weighted by Crippen LogP contribution is -2.18. The first-order chi connectivity index (χ1) is 16.6. The summed E-state index contributed by atoms with van der Waals surface area (Å²) in [5, 5.41) is 9.05. The molecule has 0 spiro atoms. The van der Waals surface area contributed by atoms with E-state index in [0.717, 1.165) is 5.56 Å². The Bertz CT molecular complexity index is 1280. The fraction of sp³-hybridized carbons (Fsp3) is 0.185. The van der Waals surface area contributed by atoms with E-state index in [1.54, 1.807) is 36.4 Å². The van der Waals surface area contributed by atoms with Crippen molar-refractivity contribution in [3.63, 3.8) is 0 Å². The number of esters is 1. The summed E-state index contributed by atoms with van der Waals surface area (Å²) >= 11 is 0. The highest BCUT2D eigenvalue weighted by molar-refractivity contribution is 6.11. The molecule has 0 aliphatic rings. The van der Waals surface area contributed by atoms with Crippen molar-refractivity contribution in [2.24, 2.45) is 10.9 Å². The van der Waals surface area contributed by atoms with Crippen molar-refractivity contribution in [3.8, 4) is 0 Å². The number of benzene rings is 3. The van der Waals surface area contributed by atoms with Crippen LogP contribution < -0.4 is 16.5 Å². The number of methoxy groups -OCH3 is 1. The van der Waals surface area contributed by atoms with Crippen LogP contribution in [-0.4, -0.2) is 31.1 Å². The van der Waals surface area contributed by atoms with Crippen LogP contribution in [0.2, 0.25) is 0 Å². The number of ether oxygens (including phenoxy) is 1. The lowest BCUT2D eigenvalue weighted by molar-refractivity contribution is 0.0600. The first-order valence-electron chi connectivity index (χ1n) is 10.9. The van der Waals surface area contributed by atoms with Crippen molar-refractivity contribution >= 4 is 47.8 Å². The van der Waals surface area contributed by atoms with Gasteiger partial charge in [-0.05, 0) is 59.0 Å². The second kappa shape index (κ2) is 12.0. The van der Waals surface area contributed by atoms with E-state index < -0.39 is 11.9 Å². The summed E-state index contributed by atoms with van der Waals surface area (Å²) in [6.45, 7) is 6.27. The molecule has 0 radical (unpaired) electrons. The van der Waals surface area contributed by atoms with E-state index in [0.29, 0.717) is 22.4 Å². The van der Waals surface area contributed by atoms with Gasteiger partial charge in [-0.1, -0.05) is 45.0 Å². The van der Waals surface area contributed by atoms with Gasteiger partial charge in [0.05, 0.1) is 30.3 Å². The number of carbonyl (C=O) groups is 3. The molecule has 4 N–H and O–H groups in total. The highest BCUT2D eigenvalue weighted by Gasteiger charge is 2.17. The van der Waals surface area contributed by atoms with Gasteiger partial charge >= 0.3 is 5.97 Å². The SMILES string of the molecule is COC(=O)c1ccc(NC(=O)c2cccc(C=NN)c2)c(NC(=O)c2ccc(C(C)(C)C)cc2)c1.Cl. The highest BCUT2D eigenvalue weighted by atomic mass is 35.5. The lowest BCUT2D eigenvalue weighted by atomic mass is 9.87. The topological polar surface area (TPSA) is 123 Å². The fourth-order valence-corrected chi connectivity index (χ4v) is 3.36. The van der Waals surface area contributed by atoms with E-state index in [2.05, 4.69) is 36.5 Å². The van der Waals surface area contributed by atoms with Gasteiger partial charge < -0.3 is 21.2 Å². The van der Waals surface area contributed by atoms with Crippen molar-refractivity contribution < 1.29 is 19.1 Å². The molecule has 9 heteroatoms. The van der Waals surface area contributed by atoms with E-state index in [9.17, 15) is 14.4 Å². The molecule has 0 fully saturated rings. The van der Waals surface area contributed by atoms with E-state index >= 15 is 0 Å². The number of rotatable bonds is 6. The van der Waals surface area contributed by atoms with Crippen LogP contribution in [0.5, 0.6) is 0 Å². The minimum absolute atomic E-state index is 0. The van der Waals surface area contributed by atoms with Crippen LogP contribution in [-0.2, 0) is 10.2 Å². The van der Waals surface area contributed by atoms with E-state index in [4.69, 9.17) is 10.6 Å². The zero-order valence-corrected chi connectivity index (χ0v) is 21.3. The summed E-state index contributed by atoms with van der Waals surface area (Å²) in [6, 6.07) is 18.5. The third kappa shape index (κ3) is 6.93. The number of hydrogen-bond acceptors (Lipinski definition) is 6. The number of halogens is 1. The average Bonchev–Trinajstić information content (AvgIpc) is 2.84. The number of amides is 2. The van der Waals surface area contributed by atoms with Gasteiger partial charge in [0.2, 0.25) is 0 Å². The maximum Gasteiger partial charge on any atom is 0.337 e. The maximum atomic E-state index is 13.0. The normalized spacial score (nSPS) is 10.9. The summed E-state index contributed by atoms with van der Waals surface area (Å²) in [5.41, 5.74) is 3.32. The van der Waals surface area contributed by atoms with Crippen LogP contribution in [0.1, 0.15) is 63.0 Å². The molecule has 3 aromatic rings. The Morgan fingerprint density at radius 3 is 2.06 bits per heavy atom. The number of hydrogen-bond donors (Lipinski definition) is 3. The maximum absolute atomic E-state index is 13.0. The third-order valence-corrected chi connectivity index (χ3v) is 5.32. The predicted molar refractivity (Wildman–Crippen MR) is 144 cm³/mol. The van der Waals surface area contributed by atoms with Gasteiger partial charge in [-0.25, -0.2) is 4.79 Å². The zero-order valence-electron chi connectivity index (χ0n) is 20.5. The molecule has 0 aliphatic heterocycles. The van der Waals surface area contributed by atoms with Gasteiger partial charge in [0.15, 0.2) is 0 Å². The van der Waals surface area contributed by atoms with Gasteiger partial charge in [-0.2, -0.15) is 5.10 Å². The van der Waals surface area contributed by atoms with Crippen LogP contribution >= 0.6 is 12.4 Å². The Balaban J connectivity index is 0.00000456. The molecule has 0 saturated carbocycles. The van der Waals surface area contributed by atoms with E-state index in [1.165, 1.54) is 31.5 Å². The molecule has 3 rings (SSSR count). The molecular formula is C27H29ClN4O4. The number of nitrogens with zero attached hydrogens (tertiary/aromatic N) is 1. The highest BCUT2D eigenvalue weighted by Crippen LogP contribution is 2.26. The molecule has 3 aromatic carbocycles. The number of hydrazone groups is 1. The van der Waals surface area contributed by atoms with Crippen molar-refractivity contribution in [1.29, 1.82) is 0 Å². The third-order valence-electron chi connectivity index (χ3n) is 5.32. The van der Waals surface area contributed by atoms with Crippen LogP contribution in [0.4, 0.5) is 11.4 Å². The summed E-state index contributed by atoms with van der Waals surface area (Å²) in [4.78, 5) is 37.9. The van der Waals surface area contributed by atoms with Crippen LogP contribution in [0.15, 0.2) is 71.8 Å². The predicted octanol–water partition coefficient (Wildman–Crippen LogP) is 4.99. The minimum atomic E-state index is -0.568. The minimum Gasteiger partial charge on any atom is -0.465 e. The Kier molecular flexibility index (Phi) is 9.35. The monoisotopic (exact) mass is 508 g/mol. The van der Waals surface area contributed by atoms with Crippen molar-refractivity contribution in [2.45, 2.75) is 26.2 Å². The number of anilines is 2. The van der Waals surface area contributed by atoms with Crippen molar-refractivity contribution in [1.82, 2.24) is 0 Å². The lowest BCUT2D eigenvalue weighted by Gasteiger charge is -2.19. The molecule has 0 bridgehead atoms. The van der Waals surface area contributed by atoms with Crippen molar-refractivity contribution in [2.75, 3.05) is 17.7 Å². The smallest absolute Gasteiger partial charge is 0.337 e. The number of nitrogens with one attached hydrogen (secondary N) is 2. The molecule has 2 amide bonds. The zero-order chi connectivity index (χ0) is 25.6. The fourth-order valence-electron chi connectivity index (χ4n) is 3.36. The molecule has 8 nitrogen and oxygen atoms in total. The van der Waals surface area contributed by atoms with E-state index in [1.807, 2.05) is 12.1 Å². The molecule has 0 atom stereocenters. The van der Waals surface area contributed by atoms with Crippen molar-refractivity contribution in [3.05, 3.63) is 94.5 Å². The first-order valence-corrected chi connectivity index (χ1v) is 10.9. The number of carbonyl (C=O) groups excluding carboxylic acids is 3. The Morgan fingerprint density at radius 2 is 1.44 bits per heavy atom. The van der Waals surface area contributed by atoms with Crippen LogP contribution in [0, 0.1) is 0 Å². The second-order valence-corrected chi connectivity index (χ2v) is 8.89. The van der Waals surface area contributed by atoms with Gasteiger partial charge in [-0.15, -0.1) is 12.4 Å². The summed E-state index contributed by atoms with van der Waals surface area (Å²) < 4.78 is 4.79. The molecular weight excluding hydrogens is 480 g/mol. The average molecular weight is 509 g/mol. The molecule has 0 aliphatic carbocycles. The second-order valence-electron chi connectivity index (χ2n) is 8.89. The molecule has 0 aromatic heterocycles. The Hall–Kier alpha value is -4.17. The summed E-state index contributed by atoms with van der Waals surface area (Å²) in [5.74, 6) is 3.83. The first kappa shape index (κ1) is 28.1. The molecule has 0 heterocycles.